The summed E-state index contributed by atoms with van der Waals surface area (Å²) in [5.74, 6) is -0.0121. The smallest absolute Gasteiger partial charge is 0.282 e. The van der Waals surface area contributed by atoms with Crippen LogP contribution < -0.4 is 19.9 Å². The van der Waals surface area contributed by atoms with E-state index in [9.17, 15) is 14.0 Å². The Morgan fingerprint density at radius 2 is 1.82 bits per heavy atom. The number of nitrogens with zero attached hydrogens (tertiary/aromatic N) is 1. The maximum Gasteiger partial charge on any atom is 0.282 e. The van der Waals surface area contributed by atoms with Crippen molar-refractivity contribution in [1.82, 2.24) is 5.43 Å². The number of halogens is 1. The van der Waals surface area contributed by atoms with Crippen LogP contribution in [-0.2, 0) is 9.59 Å². The number of anilines is 1. The third-order valence-electron chi connectivity index (χ3n) is 4.05. The summed E-state index contributed by atoms with van der Waals surface area (Å²) in [4.78, 5) is 24.9. The molecular formula is C21H21FN2O4. The van der Waals surface area contributed by atoms with Gasteiger partial charge in [0, 0.05) is 0 Å². The van der Waals surface area contributed by atoms with Gasteiger partial charge in [-0.05, 0) is 54.0 Å². The van der Waals surface area contributed by atoms with Gasteiger partial charge in [-0.3, -0.25) is 15.0 Å². The fourth-order valence-electron chi connectivity index (χ4n) is 2.65. The van der Waals surface area contributed by atoms with Gasteiger partial charge in [-0.25, -0.2) is 9.40 Å². The van der Waals surface area contributed by atoms with Gasteiger partial charge in [0.2, 0.25) is 0 Å². The minimum Gasteiger partial charge on any atom is -0.493 e. The normalized spacial score (nSPS) is 15.3. The molecule has 0 aromatic heterocycles. The van der Waals surface area contributed by atoms with Crippen molar-refractivity contribution >= 4 is 23.6 Å². The number of benzene rings is 2. The standard InChI is InChI=1S/C21H21FN2O4/c1-13(2)12-28-18-9-4-14(11-19(18)27-3)10-17-20(25)23-24(21(17)26)16-7-5-15(22)6-8-16/h4-11,13H,12H2,1-3H3,(H,23,25)/b17-10+. The summed E-state index contributed by atoms with van der Waals surface area (Å²) in [5, 5.41) is 1.09. The molecule has 6 nitrogen and oxygen atoms in total. The summed E-state index contributed by atoms with van der Waals surface area (Å²) in [6.07, 6.45) is 1.48. The maximum absolute atomic E-state index is 13.1. The van der Waals surface area contributed by atoms with Crippen LogP contribution in [0.5, 0.6) is 11.5 Å². The molecule has 0 unspecified atom stereocenters. The fraction of sp³-hybridized carbons (Fsp3) is 0.238. The molecule has 2 aromatic rings. The first-order chi connectivity index (χ1) is 13.4. The molecule has 1 heterocycles. The van der Waals surface area contributed by atoms with Gasteiger partial charge in [-0.2, -0.15) is 0 Å². The number of methoxy groups -OCH3 is 1. The minimum absolute atomic E-state index is 0.0257. The van der Waals surface area contributed by atoms with E-state index in [1.54, 1.807) is 18.2 Å². The molecule has 2 aromatic carbocycles. The molecule has 28 heavy (non-hydrogen) atoms. The summed E-state index contributed by atoms with van der Waals surface area (Å²) in [7, 11) is 1.53. The molecular weight excluding hydrogens is 363 g/mol. The Morgan fingerprint density at radius 3 is 2.46 bits per heavy atom. The fourth-order valence-corrected chi connectivity index (χ4v) is 2.65. The van der Waals surface area contributed by atoms with E-state index in [0.717, 1.165) is 5.01 Å². The van der Waals surface area contributed by atoms with E-state index in [2.05, 4.69) is 5.43 Å². The van der Waals surface area contributed by atoms with Crippen molar-refractivity contribution < 1.29 is 23.5 Å². The first-order valence-electron chi connectivity index (χ1n) is 8.82. The minimum atomic E-state index is -0.534. The Kier molecular flexibility index (Phi) is 5.63. The van der Waals surface area contributed by atoms with Crippen molar-refractivity contribution in [3.05, 3.63) is 59.4 Å². The van der Waals surface area contributed by atoms with Gasteiger partial charge in [0.05, 0.1) is 19.4 Å². The van der Waals surface area contributed by atoms with Crippen LogP contribution in [0.1, 0.15) is 19.4 Å². The number of hydrogen-bond acceptors (Lipinski definition) is 4. The molecule has 2 amide bonds. The Hall–Kier alpha value is -3.35. The van der Waals surface area contributed by atoms with E-state index in [4.69, 9.17) is 9.47 Å². The van der Waals surface area contributed by atoms with Crippen LogP contribution in [0.2, 0.25) is 0 Å². The highest BCUT2D eigenvalue weighted by Crippen LogP contribution is 2.30. The molecule has 3 rings (SSSR count). The second-order valence-electron chi connectivity index (χ2n) is 6.73. The third kappa shape index (κ3) is 4.14. The lowest BCUT2D eigenvalue weighted by Crippen LogP contribution is -2.35. The Morgan fingerprint density at radius 1 is 1.11 bits per heavy atom. The molecule has 1 aliphatic heterocycles. The molecule has 1 fully saturated rings. The van der Waals surface area contributed by atoms with Crippen molar-refractivity contribution in [3.63, 3.8) is 0 Å². The summed E-state index contributed by atoms with van der Waals surface area (Å²) < 4.78 is 24.2. The molecule has 0 radical (unpaired) electrons. The number of hydrogen-bond donors (Lipinski definition) is 1. The highest BCUT2D eigenvalue weighted by molar-refractivity contribution is 6.31. The first-order valence-corrected chi connectivity index (χ1v) is 8.82. The van der Waals surface area contributed by atoms with Crippen molar-refractivity contribution in [2.45, 2.75) is 13.8 Å². The zero-order valence-electron chi connectivity index (χ0n) is 15.9. The molecule has 0 spiro atoms. The van der Waals surface area contributed by atoms with E-state index in [1.165, 1.54) is 37.5 Å². The van der Waals surface area contributed by atoms with Crippen LogP contribution in [0.3, 0.4) is 0 Å². The van der Waals surface area contributed by atoms with Crippen LogP contribution in [0.25, 0.3) is 6.08 Å². The molecule has 0 aliphatic carbocycles. The van der Waals surface area contributed by atoms with Crippen LogP contribution in [0.15, 0.2) is 48.0 Å². The summed E-state index contributed by atoms with van der Waals surface area (Å²) in [5.41, 5.74) is 3.45. The van der Waals surface area contributed by atoms with Gasteiger partial charge in [0.25, 0.3) is 11.8 Å². The second-order valence-corrected chi connectivity index (χ2v) is 6.73. The molecule has 0 saturated carbocycles. The van der Waals surface area contributed by atoms with E-state index in [0.29, 0.717) is 35.3 Å². The van der Waals surface area contributed by atoms with Crippen molar-refractivity contribution in [2.24, 2.45) is 5.92 Å². The zero-order chi connectivity index (χ0) is 20.3. The first kappa shape index (κ1) is 19.4. The molecule has 1 saturated heterocycles. The third-order valence-corrected chi connectivity index (χ3v) is 4.05. The summed E-state index contributed by atoms with van der Waals surface area (Å²) in [6.45, 7) is 4.63. The van der Waals surface area contributed by atoms with E-state index >= 15 is 0 Å². The Labute approximate surface area is 162 Å². The van der Waals surface area contributed by atoms with E-state index in [1.807, 2.05) is 13.8 Å². The lowest BCUT2D eigenvalue weighted by atomic mass is 10.1. The van der Waals surface area contributed by atoms with Crippen LogP contribution in [0, 0.1) is 11.7 Å². The monoisotopic (exact) mass is 384 g/mol. The van der Waals surface area contributed by atoms with Gasteiger partial charge in [0.1, 0.15) is 11.4 Å². The van der Waals surface area contributed by atoms with Gasteiger partial charge >= 0.3 is 0 Å². The number of carbonyl (C=O) groups excluding carboxylic acids is 2. The molecule has 7 heteroatoms. The van der Waals surface area contributed by atoms with Gasteiger partial charge < -0.3 is 9.47 Å². The van der Waals surface area contributed by atoms with Crippen LogP contribution >= 0.6 is 0 Å². The van der Waals surface area contributed by atoms with Gasteiger partial charge in [-0.1, -0.05) is 19.9 Å². The molecule has 0 bridgehead atoms. The number of hydrazine groups is 1. The number of ether oxygens (including phenoxy) is 2. The van der Waals surface area contributed by atoms with Gasteiger partial charge in [-0.15, -0.1) is 0 Å². The predicted octanol–water partition coefficient (Wildman–Crippen LogP) is 3.33. The zero-order valence-corrected chi connectivity index (χ0v) is 15.9. The molecule has 1 N–H and O–H groups in total. The maximum atomic E-state index is 13.1. The summed E-state index contributed by atoms with van der Waals surface area (Å²) in [6, 6.07) is 10.5. The Balaban J connectivity index is 1.85. The second kappa shape index (κ2) is 8.12. The number of nitrogens with one attached hydrogen (secondary N) is 1. The molecule has 146 valence electrons. The number of amides is 2. The van der Waals surface area contributed by atoms with Gasteiger partial charge in [0.15, 0.2) is 11.5 Å². The largest absolute Gasteiger partial charge is 0.493 e. The highest BCUT2D eigenvalue weighted by Gasteiger charge is 2.34. The average Bonchev–Trinajstić information content (AvgIpc) is 2.95. The lowest BCUT2D eigenvalue weighted by Gasteiger charge is -2.14. The quantitative estimate of drug-likeness (QED) is 0.613. The summed E-state index contributed by atoms with van der Waals surface area (Å²) >= 11 is 0. The van der Waals surface area contributed by atoms with E-state index in [-0.39, 0.29) is 5.57 Å². The number of carbonyl (C=O) groups is 2. The van der Waals surface area contributed by atoms with Crippen LogP contribution in [-0.4, -0.2) is 25.5 Å². The predicted molar refractivity (Wildman–Crippen MR) is 103 cm³/mol. The van der Waals surface area contributed by atoms with Crippen molar-refractivity contribution in [1.29, 1.82) is 0 Å². The lowest BCUT2D eigenvalue weighted by molar-refractivity contribution is -0.117. The topological polar surface area (TPSA) is 67.9 Å². The number of rotatable bonds is 6. The Bertz CT molecular complexity index is 923. The molecule has 0 atom stereocenters. The van der Waals surface area contributed by atoms with E-state index < -0.39 is 17.6 Å². The van der Waals surface area contributed by atoms with Crippen molar-refractivity contribution in [3.8, 4) is 11.5 Å². The average molecular weight is 384 g/mol. The van der Waals surface area contributed by atoms with Crippen molar-refractivity contribution in [2.75, 3.05) is 18.7 Å². The highest BCUT2D eigenvalue weighted by atomic mass is 19.1. The SMILES string of the molecule is COc1cc(/C=C2\C(=O)NN(c3ccc(F)cc3)C2=O)ccc1OCC(C)C. The van der Waals surface area contributed by atoms with Crippen LogP contribution in [0.4, 0.5) is 10.1 Å². The molecule has 1 aliphatic rings.